The largest absolute Gasteiger partial charge is 0.496 e. The molecule has 27 heavy (non-hydrogen) atoms. The van der Waals surface area contributed by atoms with Crippen molar-refractivity contribution in [3.8, 4) is 5.75 Å². The Bertz CT molecular complexity index is 853. The molecule has 0 radical (unpaired) electrons. The van der Waals surface area contributed by atoms with Gasteiger partial charge in [-0.3, -0.25) is 9.59 Å². The average Bonchev–Trinajstić information content (AvgIpc) is 3.04. The van der Waals surface area contributed by atoms with Crippen LogP contribution in [0.2, 0.25) is 0 Å². The summed E-state index contributed by atoms with van der Waals surface area (Å²) in [6.07, 6.45) is 6.13. The Kier molecular flexibility index (Phi) is 6.79. The Morgan fingerprint density at radius 2 is 2.07 bits per heavy atom. The minimum Gasteiger partial charge on any atom is -0.496 e. The third-order valence-electron chi connectivity index (χ3n) is 3.45. The Hall–Kier alpha value is -2.61. The van der Waals surface area contributed by atoms with Crippen molar-refractivity contribution in [1.82, 2.24) is 9.78 Å². The maximum atomic E-state index is 12.1. The van der Waals surface area contributed by atoms with Crippen LogP contribution in [0.25, 0.3) is 6.08 Å². The molecule has 0 unspecified atom stereocenters. The van der Waals surface area contributed by atoms with Gasteiger partial charge in [0, 0.05) is 16.1 Å². The second kappa shape index (κ2) is 8.85. The van der Waals surface area contributed by atoms with Crippen LogP contribution >= 0.6 is 15.9 Å². The number of rotatable bonds is 6. The molecule has 1 N–H and O–H groups in total. The van der Waals surface area contributed by atoms with E-state index >= 15 is 0 Å². The maximum Gasteiger partial charge on any atom is 0.313 e. The summed E-state index contributed by atoms with van der Waals surface area (Å²) in [6, 6.07) is 5.52. The van der Waals surface area contributed by atoms with Crippen LogP contribution in [0, 0.1) is 5.41 Å². The van der Waals surface area contributed by atoms with Crippen molar-refractivity contribution >= 4 is 39.6 Å². The van der Waals surface area contributed by atoms with E-state index < -0.39 is 5.41 Å². The van der Waals surface area contributed by atoms with Crippen molar-refractivity contribution in [2.75, 3.05) is 12.4 Å². The summed E-state index contributed by atoms with van der Waals surface area (Å²) in [5, 5.41) is 6.76. The number of amides is 1. The number of nitrogens with zero attached hydrogens (tertiary/aromatic N) is 2. The summed E-state index contributed by atoms with van der Waals surface area (Å²) in [5.41, 5.74) is 0.687. The minimum atomic E-state index is -0.581. The van der Waals surface area contributed by atoms with Gasteiger partial charge in [-0.1, -0.05) is 15.9 Å². The highest BCUT2D eigenvalue weighted by Gasteiger charge is 2.23. The molecule has 0 aliphatic carbocycles. The summed E-state index contributed by atoms with van der Waals surface area (Å²) in [4.78, 5) is 23.9. The van der Waals surface area contributed by atoms with Crippen molar-refractivity contribution in [2.24, 2.45) is 5.41 Å². The van der Waals surface area contributed by atoms with Gasteiger partial charge in [0.05, 0.1) is 30.6 Å². The highest BCUT2D eigenvalue weighted by Crippen LogP contribution is 2.24. The number of carbonyl (C=O) groups excluding carboxylic acids is 2. The maximum absolute atomic E-state index is 12.1. The lowest BCUT2D eigenvalue weighted by Gasteiger charge is -2.16. The number of hydrogen-bond acceptors (Lipinski definition) is 5. The average molecular weight is 436 g/mol. The van der Waals surface area contributed by atoms with Gasteiger partial charge in [-0.2, -0.15) is 5.10 Å². The zero-order chi connectivity index (χ0) is 20.0. The minimum absolute atomic E-state index is 0.0168. The number of ether oxygens (including phenoxy) is 2. The fraction of sp³-hybridized carbons (Fsp3) is 0.316. The molecule has 0 saturated heterocycles. The summed E-state index contributed by atoms with van der Waals surface area (Å²) in [7, 11) is 1.57. The van der Waals surface area contributed by atoms with Crippen molar-refractivity contribution in [3.05, 3.63) is 46.7 Å². The second-order valence-electron chi connectivity index (χ2n) is 6.79. The quantitative estimate of drug-likeness (QED) is 0.550. The lowest BCUT2D eigenvalue weighted by atomic mass is 9.98. The number of nitrogens with one attached hydrogen (secondary N) is 1. The predicted molar refractivity (Wildman–Crippen MR) is 106 cm³/mol. The van der Waals surface area contributed by atoms with Gasteiger partial charge in [0.1, 0.15) is 5.75 Å². The number of anilines is 1. The molecule has 0 fully saturated rings. The number of halogens is 1. The molecule has 8 heteroatoms. The first kappa shape index (κ1) is 20.7. The molecule has 0 spiro atoms. The topological polar surface area (TPSA) is 82.4 Å². The first-order valence-electron chi connectivity index (χ1n) is 8.21. The van der Waals surface area contributed by atoms with Crippen LogP contribution in [0.15, 0.2) is 41.1 Å². The molecule has 0 aliphatic rings. The number of carbonyl (C=O) groups is 2. The van der Waals surface area contributed by atoms with Gasteiger partial charge < -0.3 is 14.8 Å². The Morgan fingerprint density at radius 1 is 1.33 bits per heavy atom. The van der Waals surface area contributed by atoms with E-state index in [4.69, 9.17) is 9.47 Å². The van der Waals surface area contributed by atoms with Crippen LogP contribution in [0.5, 0.6) is 5.75 Å². The van der Waals surface area contributed by atoms with Crippen LogP contribution < -0.4 is 10.1 Å². The molecule has 0 bridgehead atoms. The number of esters is 1. The van der Waals surface area contributed by atoms with Crippen LogP contribution in [-0.4, -0.2) is 28.8 Å². The van der Waals surface area contributed by atoms with Gasteiger partial charge >= 0.3 is 5.97 Å². The van der Waals surface area contributed by atoms with Crippen LogP contribution in [-0.2, 0) is 21.1 Å². The van der Waals surface area contributed by atoms with Crippen LogP contribution in [0.1, 0.15) is 26.3 Å². The summed E-state index contributed by atoms with van der Waals surface area (Å²) in [5.74, 6) is 0.0217. The number of aromatic nitrogens is 2. The number of hydrogen-bond donors (Lipinski definition) is 1. The lowest BCUT2D eigenvalue weighted by molar-refractivity contribution is -0.157. The normalized spacial score (nSPS) is 11.4. The molecule has 0 atom stereocenters. The molecule has 144 valence electrons. The zero-order valence-electron chi connectivity index (χ0n) is 15.7. The molecule has 1 amide bonds. The molecular formula is C19H22BrN3O4. The highest BCUT2D eigenvalue weighted by molar-refractivity contribution is 9.10. The van der Waals surface area contributed by atoms with Crippen LogP contribution in [0.4, 0.5) is 5.69 Å². The van der Waals surface area contributed by atoms with E-state index in [1.54, 1.807) is 40.2 Å². The molecule has 1 aromatic heterocycles. The van der Waals surface area contributed by atoms with Gasteiger partial charge in [0.15, 0.2) is 6.73 Å². The Labute approximate surface area is 166 Å². The van der Waals surface area contributed by atoms with Crippen molar-refractivity contribution in [2.45, 2.75) is 27.5 Å². The fourth-order valence-corrected chi connectivity index (χ4v) is 2.40. The Morgan fingerprint density at radius 3 is 2.74 bits per heavy atom. The van der Waals surface area contributed by atoms with Crippen LogP contribution in [0.3, 0.4) is 0 Å². The summed E-state index contributed by atoms with van der Waals surface area (Å²) < 4.78 is 12.7. The van der Waals surface area contributed by atoms with E-state index in [9.17, 15) is 9.59 Å². The number of benzene rings is 1. The summed E-state index contributed by atoms with van der Waals surface area (Å²) >= 11 is 3.39. The Balaban J connectivity index is 1.94. The third-order valence-corrected chi connectivity index (χ3v) is 3.94. The molecule has 1 aromatic carbocycles. The first-order chi connectivity index (χ1) is 12.7. The van der Waals surface area contributed by atoms with E-state index in [0.29, 0.717) is 11.4 Å². The van der Waals surface area contributed by atoms with Gasteiger partial charge in [-0.05, 0) is 45.0 Å². The molecule has 1 heterocycles. The van der Waals surface area contributed by atoms with Gasteiger partial charge in [-0.15, -0.1) is 0 Å². The fourth-order valence-electron chi connectivity index (χ4n) is 2.02. The van der Waals surface area contributed by atoms with E-state index in [1.165, 1.54) is 17.0 Å². The monoisotopic (exact) mass is 435 g/mol. The third kappa shape index (κ3) is 6.25. The van der Waals surface area contributed by atoms with Crippen molar-refractivity contribution in [3.63, 3.8) is 0 Å². The molecule has 0 saturated carbocycles. The van der Waals surface area contributed by atoms with Crippen molar-refractivity contribution < 1.29 is 19.1 Å². The smallest absolute Gasteiger partial charge is 0.313 e. The molecular weight excluding hydrogens is 414 g/mol. The standard InChI is InChI=1S/C19H22BrN3O4/c1-19(2,3)18(25)27-12-23-11-15(10-21-23)22-17(24)8-5-13-9-14(20)6-7-16(13)26-4/h5-11H,12H2,1-4H3,(H,22,24). The molecule has 2 aromatic rings. The van der Waals surface area contributed by atoms with E-state index in [0.717, 1.165) is 10.0 Å². The molecule has 2 rings (SSSR count). The van der Waals surface area contributed by atoms with Gasteiger partial charge in [-0.25, -0.2) is 4.68 Å². The second-order valence-corrected chi connectivity index (χ2v) is 7.70. The molecule has 7 nitrogen and oxygen atoms in total. The SMILES string of the molecule is COc1ccc(Br)cc1C=CC(=O)Nc1cnn(COC(=O)C(C)(C)C)c1. The van der Waals surface area contributed by atoms with E-state index in [2.05, 4.69) is 26.3 Å². The molecule has 0 aliphatic heterocycles. The number of methoxy groups -OCH3 is 1. The van der Waals surface area contributed by atoms with Gasteiger partial charge in [0.25, 0.3) is 0 Å². The predicted octanol–water partition coefficient (Wildman–Crippen LogP) is 3.85. The highest BCUT2D eigenvalue weighted by atomic mass is 79.9. The van der Waals surface area contributed by atoms with Crippen molar-refractivity contribution in [1.29, 1.82) is 0 Å². The van der Waals surface area contributed by atoms with Gasteiger partial charge in [0.2, 0.25) is 5.91 Å². The summed E-state index contributed by atoms with van der Waals surface area (Å²) in [6.45, 7) is 5.31. The first-order valence-corrected chi connectivity index (χ1v) is 9.00. The van der Waals surface area contributed by atoms with E-state index in [-0.39, 0.29) is 18.6 Å². The lowest BCUT2D eigenvalue weighted by Crippen LogP contribution is -2.24. The van der Waals surface area contributed by atoms with E-state index in [1.807, 2.05) is 18.2 Å². The zero-order valence-corrected chi connectivity index (χ0v) is 17.2.